The third-order valence-electron chi connectivity index (χ3n) is 4.48. The van der Waals surface area contributed by atoms with Crippen molar-refractivity contribution >= 4 is 33.0 Å². The van der Waals surface area contributed by atoms with E-state index < -0.39 is 5.54 Å². The summed E-state index contributed by atoms with van der Waals surface area (Å²) in [5.74, 6) is -0.0470. The van der Waals surface area contributed by atoms with Gasteiger partial charge in [-0.2, -0.15) is 5.26 Å². The summed E-state index contributed by atoms with van der Waals surface area (Å²) < 4.78 is 0.886. The van der Waals surface area contributed by atoms with Crippen molar-refractivity contribution in [2.75, 3.05) is 0 Å². The summed E-state index contributed by atoms with van der Waals surface area (Å²) in [6.45, 7) is 0. The summed E-state index contributed by atoms with van der Waals surface area (Å²) in [5, 5.41) is 9.05. The second-order valence-corrected chi connectivity index (χ2v) is 6.89. The van der Waals surface area contributed by atoms with Crippen molar-refractivity contribution in [3.8, 4) is 6.07 Å². The van der Waals surface area contributed by atoms with E-state index in [1.165, 1.54) is 0 Å². The monoisotopic (exact) mass is 400 g/mol. The molecule has 4 heteroatoms. The highest BCUT2D eigenvalue weighted by molar-refractivity contribution is 9.12. The minimum atomic E-state index is -0.730. The van der Waals surface area contributed by atoms with Gasteiger partial charge in [-0.3, -0.25) is 9.79 Å². The predicted molar refractivity (Wildman–Crippen MR) is 106 cm³/mol. The molecule has 0 fully saturated rings. The maximum atomic E-state index is 11.7. The summed E-state index contributed by atoms with van der Waals surface area (Å²) in [7, 11) is 0. The highest BCUT2D eigenvalue weighted by Gasteiger charge is 2.40. The number of ketones is 1. The molecule has 3 nitrogen and oxygen atoms in total. The molecule has 124 valence electrons. The first-order chi connectivity index (χ1) is 12.6. The molecule has 0 bridgehead atoms. The lowest BCUT2D eigenvalue weighted by Crippen LogP contribution is -2.24. The molecule has 4 rings (SSSR count). The van der Waals surface area contributed by atoms with Crippen LogP contribution in [0.3, 0.4) is 0 Å². The highest BCUT2D eigenvalue weighted by atomic mass is 79.9. The van der Waals surface area contributed by atoms with Gasteiger partial charge in [-0.25, -0.2) is 0 Å². The van der Waals surface area contributed by atoms with Crippen LogP contribution in [0.2, 0.25) is 0 Å². The van der Waals surface area contributed by atoms with Crippen molar-refractivity contribution in [2.24, 2.45) is 4.99 Å². The normalized spacial score (nSPS) is 17.5. The SMILES string of the molecule is N#Cc1ccc(C2=C(Br)C(c3ccccc3)=NC23C=CC(=O)C=C3)cc1. The van der Waals surface area contributed by atoms with E-state index in [2.05, 4.69) is 22.0 Å². The number of carbonyl (C=O) groups is 1. The minimum absolute atomic E-state index is 0.0470. The molecule has 1 aliphatic heterocycles. The Bertz CT molecular complexity index is 1040. The van der Waals surface area contributed by atoms with Crippen molar-refractivity contribution in [3.05, 3.63) is 100 Å². The minimum Gasteiger partial charge on any atom is -0.290 e. The number of allylic oxidation sites excluding steroid dienone is 3. The Morgan fingerprint density at radius 1 is 0.923 bits per heavy atom. The molecule has 0 saturated carbocycles. The molecule has 2 aromatic carbocycles. The topological polar surface area (TPSA) is 53.2 Å². The molecule has 0 N–H and O–H groups in total. The fourth-order valence-electron chi connectivity index (χ4n) is 3.21. The van der Waals surface area contributed by atoms with Gasteiger partial charge < -0.3 is 0 Å². The number of aliphatic imine (C=N–C) groups is 1. The van der Waals surface area contributed by atoms with Crippen LogP contribution in [-0.4, -0.2) is 17.0 Å². The van der Waals surface area contributed by atoms with Crippen LogP contribution in [0.25, 0.3) is 5.57 Å². The van der Waals surface area contributed by atoms with E-state index >= 15 is 0 Å². The molecule has 0 radical (unpaired) electrons. The van der Waals surface area contributed by atoms with Crippen molar-refractivity contribution in [1.82, 2.24) is 0 Å². The Morgan fingerprint density at radius 2 is 1.58 bits per heavy atom. The van der Waals surface area contributed by atoms with E-state index in [4.69, 9.17) is 10.3 Å². The van der Waals surface area contributed by atoms with E-state index in [1.54, 1.807) is 24.3 Å². The standard InChI is InChI=1S/C22H13BrN2O/c23-20-19(16-8-6-15(14-24)7-9-16)22(12-10-18(26)11-13-22)25-21(20)17-4-2-1-3-5-17/h1-13H. The Labute approximate surface area is 159 Å². The number of nitriles is 1. The first-order valence-electron chi connectivity index (χ1n) is 8.12. The zero-order valence-electron chi connectivity index (χ0n) is 13.7. The molecule has 0 saturated heterocycles. The van der Waals surface area contributed by atoms with Gasteiger partial charge in [-0.05, 0) is 57.9 Å². The van der Waals surface area contributed by atoms with Gasteiger partial charge >= 0.3 is 0 Å². The van der Waals surface area contributed by atoms with Gasteiger partial charge in [0.1, 0.15) is 5.54 Å². The maximum Gasteiger partial charge on any atom is 0.178 e. The number of hydrogen-bond acceptors (Lipinski definition) is 3. The van der Waals surface area contributed by atoms with Crippen molar-refractivity contribution in [2.45, 2.75) is 5.54 Å². The fourth-order valence-corrected chi connectivity index (χ4v) is 4.08. The molecule has 0 amide bonds. The number of benzene rings is 2. The lowest BCUT2D eigenvalue weighted by molar-refractivity contribution is -0.110. The van der Waals surface area contributed by atoms with Gasteiger partial charge in [0.15, 0.2) is 5.78 Å². The van der Waals surface area contributed by atoms with Gasteiger partial charge in [0.2, 0.25) is 0 Å². The molecule has 0 atom stereocenters. The molecular formula is C22H13BrN2O. The molecule has 1 heterocycles. The van der Waals surface area contributed by atoms with Gasteiger partial charge in [0.05, 0.1) is 21.8 Å². The van der Waals surface area contributed by atoms with Crippen molar-refractivity contribution in [3.63, 3.8) is 0 Å². The van der Waals surface area contributed by atoms with Gasteiger partial charge in [-0.1, -0.05) is 42.5 Å². The summed E-state index contributed by atoms with van der Waals surface area (Å²) in [6.07, 6.45) is 6.78. The Morgan fingerprint density at radius 3 is 2.19 bits per heavy atom. The van der Waals surface area contributed by atoms with Crippen LogP contribution in [0.4, 0.5) is 0 Å². The molecule has 2 aromatic rings. The average Bonchev–Trinajstić information content (AvgIpc) is 2.97. The molecule has 2 aliphatic rings. The molecule has 26 heavy (non-hydrogen) atoms. The van der Waals surface area contributed by atoms with E-state index in [1.807, 2.05) is 54.6 Å². The third kappa shape index (κ3) is 2.67. The van der Waals surface area contributed by atoms with Crippen LogP contribution in [0.1, 0.15) is 16.7 Å². The fraction of sp³-hybridized carbons (Fsp3) is 0.0455. The van der Waals surface area contributed by atoms with Crippen LogP contribution >= 0.6 is 15.9 Å². The number of nitrogens with zero attached hydrogens (tertiary/aromatic N) is 2. The highest BCUT2D eigenvalue weighted by Crippen LogP contribution is 2.45. The van der Waals surface area contributed by atoms with E-state index in [-0.39, 0.29) is 5.78 Å². The lowest BCUT2D eigenvalue weighted by Gasteiger charge is -2.25. The number of carbonyl (C=O) groups excluding carboxylic acids is 1. The lowest BCUT2D eigenvalue weighted by atomic mass is 9.83. The number of rotatable bonds is 2. The second-order valence-electron chi connectivity index (χ2n) is 6.10. The second kappa shape index (κ2) is 6.36. The summed E-state index contributed by atoms with van der Waals surface area (Å²) in [5.41, 5.74) is 3.63. The average molecular weight is 401 g/mol. The Hall–Kier alpha value is -3.03. The van der Waals surface area contributed by atoms with Crippen LogP contribution in [-0.2, 0) is 4.79 Å². The maximum absolute atomic E-state index is 11.7. The molecule has 0 aromatic heterocycles. The summed E-state index contributed by atoms with van der Waals surface area (Å²) in [6, 6.07) is 19.5. The molecule has 1 aliphatic carbocycles. The molecule has 1 spiro atoms. The van der Waals surface area contributed by atoms with Crippen LogP contribution in [0.5, 0.6) is 0 Å². The van der Waals surface area contributed by atoms with Crippen LogP contribution in [0, 0.1) is 11.3 Å². The van der Waals surface area contributed by atoms with E-state index in [0.717, 1.165) is 26.9 Å². The number of hydrogen-bond donors (Lipinski definition) is 0. The largest absolute Gasteiger partial charge is 0.290 e. The van der Waals surface area contributed by atoms with Crippen molar-refractivity contribution < 1.29 is 4.79 Å². The zero-order chi connectivity index (χ0) is 18.1. The Kier molecular flexibility index (Phi) is 4.02. The Balaban J connectivity index is 1.92. The predicted octanol–water partition coefficient (Wildman–Crippen LogP) is 4.60. The first-order valence-corrected chi connectivity index (χ1v) is 8.91. The third-order valence-corrected chi connectivity index (χ3v) is 5.25. The van der Waals surface area contributed by atoms with Crippen LogP contribution in [0.15, 0.2) is 88.4 Å². The summed E-state index contributed by atoms with van der Waals surface area (Å²) in [4.78, 5) is 16.6. The van der Waals surface area contributed by atoms with Crippen molar-refractivity contribution in [1.29, 1.82) is 5.26 Å². The van der Waals surface area contributed by atoms with E-state index in [0.29, 0.717) is 5.56 Å². The first kappa shape index (κ1) is 16.4. The van der Waals surface area contributed by atoms with Gasteiger partial charge in [0.25, 0.3) is 0 Å². The van der Waals surface area contributed by atoms with E-state index in [9.17, 15) is 4.79 Å². The smallest absolute Gasteiger partial charge is 0.178 e. The van der Waals surface area contributed by atoms with Gasteiger partial charge in [-0.15, -0.1) is 0 Å². The molecule has 0 unspecified atom stereocenters. The zero-order valence-corrected chi connectivity index (χ0v) is 15.3. The summed E-state index contributed by atoms with van der Waals surface area (Å²) >= 11 is 3.74. The quantitative estimate of drug-likeness (QED) is 0.739. The van der Waals surface area contributed by atoms with Crippen LogP contribution < -0.4 is 0 Å². The van der Waals surface area contributed by atoms with Gasteiger partial charge in [0, 0.05) is 11.1 Å². The molecular weight excluding hydrogens is 388 g/mol. The number of halogens is 1.